The second kappa shape index (κ2) is 11.1. The maximum absolute atomic E-state index is 13.9. The summed E-state index contributed by atoms with van der Waals surface area (Å²) < 4.78 is 5.57. The van der Waals surface area contributed by atoms with Gasteiger partial charge in [0.2, 0.25) is 0 Å². The Bertz CT molecular complexity index is 1730. The molecule has 206 valence electrons. The summed E-state index contributed by atoms with van der Waals surface area (Å²) in [7, 11) is 0. The molecule has 4 aromatic carbocycles. The van der Waals surface area contributed by atoms with Crippen molar-refractivity contribution in [1.82, 2.24) is 10.3 Å². The van der Waals surface area contributed by atoms with Gasteiger partial charge in [-0.15, -0.1) is 0 Å². The predicted octanol–water partition coefficient (Wildman–Crippen LogP) is 6.56. The zero-order valence-electron chi connectivity index (χ0n) is 22.7. The molecule has 5 N–H and O–H groups in total. The lowest BCUT2D eigenvalue weighted by Gasteiger charge is -2.23. The number of ether oxygens (including phenoxy) is 1. The molecule has 0 radical (unpaired) electrons. The molecule has 6 rings (SSSR count). The topological polar surface area (TPSA) is 112 Å². The number of aromatic nitrogens is 1. The highest BCUT2D eigenvalue weighted by atomic mass is 16.6. The number of amides is 2. The zero-order chi connectivity index (χ0) is 28.3. The molecule has 2 amide bonds. The van der Waals surface area contributed by atoms with Crippen LogP contribution in [0.1, 0.15) is 29.3 Å². The van der Waals surface area contributed by atoms with E-state index in [4.69, 9.17) is 10.5 Å². The van der Waals surface area contributed by atoms with Crippen molar-refractivity contribution in [3.8, 4) is 16.9 Å². The van der Waals surface area contributed by atoms with Crippen LogP contribution in [0.15, 0.2) is 97.2 Å². The van der Waals surface area contributed by atoms with Crippen molar-refractivity contribution in [1.29, 1.82) is 0 Å². The second-order valence-electron chi connectivity index (χ2n) is 10.3. The van der Waals surface area contributed by atoms with Gasteiger partial charge in [0, 0.05) is 53.7 Å². The van der Waals surface area contributed by atoms with Crippen LogP contribution < -0.4 is 26.0 Å². The van der Waals surface area contributed by atoms with Crippen LogP contribution in [-0.2, 0) is 6.54 Å². The number of hydrogen-bond acceptors (Lipinski definition) is 5. The Hall–Kier alpha value is -5.24. The molecule has 0 fully saturated rings. The zero-order valence-corrected chi connectivity index (χ0v) is 22.7. The van der Waals surface area contributed by atoms with Gasteiger partial charge in [-0.05, 0) is 72.3 Å². The molecule has 0 spiro atoms. The maximum atomic E-state index is 13.9. The van der Waals surface area contributed by atoms with E-state index in [1.165, 1.54) is 0 Å². The number of aromatic amines is 1. The van der Waals surface area contributed by atoms with Gasteiger partial charge >= 0.3 is 6.09 Å². The van der Waals surface area contributed by atoms with Crippen molar-refractivity contribution in [3.63, 3.8) is 0 Å². The third-order valence-corrected chi connectivity index (χ3v) is 7.35. The Labute approximate surface area is 238 Å². The smallest absolute Gasteiger partial charge is 0.410 e. The van der Waals surface area contributed by atoms with E-state index in [2.05, 4.69) is 28.6 Å². The van der Waals surface area contributed by atoms with Crippen molar-refractivity contribution < 1.29 is 14.3 Å². The first kappa shape index (κ1) is 26.0. The molecule has 0 bridgehead atoms. The predicted molar refractivity (Wildman–Crippen MR) is 163 cm³/mol. The SMILES string of the molecule is CC1CCN(C(=O)c2ccc(-c3ccc4[nH]ccc4c3)c(N)c2)c2cc(OC(=O)NCc3ccccc3)ccc2N1. The lowest BCUT2D eigenvalue weighted by atomic mass is 10.00. The number of carbonyl (C=O) groups excluding carboxylic acids is 2. The fourth-order valence-electron chi connectivity index (χ4n) is 5.16. The third-order valence-electron chi connectivity index (χ3n) is 7.35. The van der Waals surface area contributed by atoms with Crippen molar-refractivity contribution in [3.05, 3.63) is 108 Å². The number of fused-ring (bicyclic) bond motifs is 2. The fraction of sp³-hybridized carbons (Fsp3) is 0.152. The average molecular weight is 546 g/mol. The van der Waals surface area contributed by atoms with Crippen molar-refractivity contribution >= 4 is 40.0 Å². The number of benzene rings is 4. The van der Waals surface area contributed by atoms with Crippen LogP contribution in [0.5, 0.6) is 5.75 Å². The number of nitrogens with zero attached hydrogens (tertiary/aromatic N) is 1. The average Bonchev–Trinajstić information content (AvgIpc) is 3.39. The van der Waals surface area contributed by atoms with E-state index in [0.717, 1.165) is 39.7 Å². The number of nitrogens with two attached hydrogens (primary N) is 1. The molecule has 8 heteroatoms. The first-order chi connectivity index (χ1) is 19.9. The Morgan fingerprint density at radius 3 is 2.68 bits per heavy atom. The number of nitrogens with one attached hydrogen (secondary N) is 3. The van der Waals surface area contributed by atoms with E-state index in [0.29, 0.717) is 35.8 Å². The molecule has 1 aromatic heterocycles. The van der Waals surface area contributed by atoms with E-state index in [1.807, 2.05) is 72.9 Å². The molecule has 41 heavy (non-hydrogen) atoms. The summed E-state index contributed by atoms with van der Waals surface area (Å²) in [6.45, 7) is 2.92. The van der Waals surface area contributed by atoms with Gasteiger partial charge in [0.25, 0.3) is 5.91 Å². The highest BCUT2D eigenvalue weighted by Gasteiger charge is 2.26. The van der Waals surface area contributed by atoms with E-state index in [1.54, 1.807) is 23.1 Å². The summed E-state index contributed by atoms with van der Waals surface area (Å²) in [4.78, 5) is 31.3. The van der Waals surface area contributed by atoms with Gasteiger partial charge in [0.15, 0.2) is 0 Å². The first-order valence-electron chi connectivity index (χ1n) is 13.6. The Morgan fingerprint density at radius 2 is 1.85 bits per heavy atom. The summed E-state index contributed by atoms with van der Waals surface area (Å²) >= 11 is 0. The number of hydrogen-bond donors (Lipinski definition) is 4. The van der Waals surface area contributed by atoms with E-state index in [9.17, 15) is 9.59 Å². The number of carbonyl (C=O) groups is 2. The van der Waals surface area contributed by atoms with Gasteiger partial charge in [-0.25, -0.2) is 4.79 Å². The summed E-state index contributed by atoms with van der Waals surface area (Å²) in [6, 6.07) is 28.6. The quantitative estimate of drug-likeness (QED) is 0.187. The van der Waals surface area contributed by atoms with Gasteiger partial charge in [-0.2, -0.15) is 0 Å². The fourth-order valence-corrected chi connectivity index (χ4v) is 5.16. The van der Waals surface area contributed by atoms with Crippen LogP contribution in [-0.4, -0.2) is 29.6 Å². The van der Waals surface area contributed by atoms with Gasteiger partial charge in [-0.1, -0.05) is 42.5 Å². The minimum atomic E-state index is -0.567. The maximum Gasteiger partial charge on any atom is 0.412 e. The van der Waals surface area contributed by atoms with Gasteiger partial charge in [0.1, 0.15) is 5.75 Å². The summed E-state index contributed by atoms with van der Waals surface area (Å²) in [6.07, 6.45) is 2.09. The highest BCUT2D eigenvalue weighted by molar-refractivity contribution is 6.09. The van der Waals surface area contributed by atoms with Crippen molar-refractivity contribution in [2.45, 2.75) is 25.9 Å². The Balaban J connectivity index is 1.24. The van der Waals surface area contributed by atoms with Gasteiger partial charge in [0.05, 0.1) is 11.4 Å². The molecule has 1 unspecified atom stereocenters. The number of nitrogen functional groups attached to an aromatic ring is 1. The normalized spacial score (nSPS) is 14.6. The summed E-state index contributed by atoms with van der Waals surface area (Å²) in [5, 5.41) is 7.32. The molecule has 2 heterocycles. The molecule has 0 saturated heterocycles. The number of rotatable bonds is 5. The monoisotopic (exact) mass is 545 g/mol. The Morgan fingerprint density at radius 1 is 1.00 bits per heavy atom. The molecule has 8 nitrogen and oxygen atoms in total. The lowest BCUT2D eigenvalue weighted by molar-refractivity contribution is 0.0987. The van der Waals surface area contributed by atoms with Crippen LogP contribution >= 0.6 is 0 Å². The second-order valence-corrected chi connectivity index (χ2v) is 10.3. The molecule has 1 aliphatic rings. The molecular weight excluding hydrogens is 514 g/mol. The van der Waals surface area contributed by atoms with Gasteiger partial charge in [-0.3, -0.25) is 4.79 Å². The van der Waals surface area contributed by atoms with Crippen LogP contribution in [0.3, 0.4) is 0 Å². The number of H-pyrrole nitrogens is 1. The molecule has 1 aliphatic heterocycles. The van der Waals surface area contributed by atoms with E-state index >= 15 is 0 Å². The van der Waals surface area contributed by atoms with Crippen LogP contribution in [0.4, 0.5) is 21.9 Å². The Kier molecular flexibility index (Phi) is 7.04. The number of anilines is 3. The highest BCUT2D eigenvalue weighted by Crippen LogP contribution is 2.36. The molecule has 0 aliphatic carbocycles. The first-order valence-corrected chi connectivity index (χ1v) is 13.6. The van der Waals surface area contributed by atoms with E-state index in [-0.39, 0.29) is 11.9 Å². The third kappa shape index (κ3) is 5.58. The van der Waals surface area contributed by atoms with E-state index < -0.39 is 6.09 Å². The summed E-state index contributed by atoms with van der Waals surface area (Å²) in [5.41, 5.74) is 12.8. The van der Waals surface area contributed by atoms with Crippen molar-refractivity contribution in [2.24, 2.45) is 0 Å². The van der Waals surface area contributed by atoms with Crippen LogP contribution in [0.2, 0.25) is 0 Å². The van der Waals surface area contributed by atoms with Gasteiger partial charge < -0.3 is 31.0 Å². The molecule has 5 aromatic rings. The van der Waals surface area contributed by atoms with Crippen molar-refractivity contribution in [2.75, 3.05) is 22.5 Å². The van der Waals surface area contributed by atoms with Crippen LogP contribution in [0, 0.1) is 0 Å². The molecule has 0 saturated carbocycles. The molecular formula is C33H31N5O3. The minimum Gasteiger partial charge on any atom is -0.410 e. The minimum absolute atomic E-state index is 0.156. The largest absolute Gasteiger partial charge is 0.412 e. The standard InChI is InChI=1S/C33H31N5O3/c1-21-14-16-38(31-19-26(9-12-30(31)37-21)41-33(40)36-20-22-5-3-2-4-6-22)32(39)25-7-10-27(28(34)18-25)23-8-11-29-24(17-23)13-15-35-29/h2-13,15,17-19,21,35,37H,14,16,20,34H2,1H3,(H,36,40). The summed E-state index contributed by atoms with van der Waals surface area (Å²) in [5.74, 6) is 0.172. The lowest BCUT2D eigenvalue weighted by Crippen LogP contribution is -2.32. The molecule has 1 atom stereocenters. The van der Waals surface area contributed by atoms with Crippen LogP contribution in [0.25, 0.3) is 22.0 Å².